The van der Waals surface area contributed by atoms with Crippen LogP contribution in [0.1, 0.15) is 33.6 Å². The Morgan fingerprint density at radius 2 is 2.00 bits per heavy atom. The average Bonchev–Trinajstić information content (AvgIpc) is 2.80. The van der Waals surface area contributed by atoms with Crippen molar-refractivity contribution in [3.05, 3.63) is 11.6 Å². The molecule has 0 amide bonds. The first kappa shape index (κ1) is 9.79. The van der Waals surface area contributed by atoms with E-state index in [9.17, 15) is 0 Å². The van der Waals surface area contributed by atoms with Crippen molar-refractivity contribution in [2.45, 2.75) is 39.7 Å². The summed E-state index contributed by atoms with van der Waals surface area (Å²) < 4.78 is 0. The standard InChI is InChI=1S/C11H21N/c1-8(2)7-11(12-4)9(3)10-5-6-10/h7,9-12H,5-6H2,1-4H3. The first-order chi connectivity index (χ1) is 5.65. The summed E-state index contributed by atoms with van der Waals surface area (Å²) in [6.45, 7) is 6.70. The third-order valence-corrected chi connectivity index (χ3v) is 2.78. The van der Waals surface area contributed by atoms with E-state index in [1.54, 1.807) is 0 Å². The Balaban J connectivity index is 2.48. The second kappa shape index (κ2) is 4.08. The summed E-state index contributed by atoms with van der Waals surface area (Å²) >= 11 is 0. The second-order valence-corrected chi connectivity index (χ2v) is 4.26. The number of hydrogen-bond donors (Lipinski definition) is 1. The SMILES string of the molecule is CNC(C=C(C)C)C(C)C1CC1. The van der Waals surface area contributed by atoms with E-state index in [2.05, 4.69) is 39.2 Å². The lowest BCUT2D eigenvalue weighted by molar-refractivity contribution is 0.412. The zero-order chi connectivity index (χ0) is 9.14. The second-order valence-electron chi connectivity index (χ2n) is 4.26. The Labute approximate surface area is 76.2 Å². The fraction of sp³-hybridized carbons (Fsp3) is 0.818. The van der Waals surface area contributed by atoms with Crippen molar-refractivity contribution in [3.8, 4) is 0 Å². The van der Waals surface area contributed by atoms with Crippen molar-refractivity contribution in [2.75, 3.05) is 7.05 Å². The molecule has 1 aliphatic carbocycles. The Bertz CT molecular complexity index is 164. The molecule has 0 bridgehead atoms. The highest BCUT2D eigenvalue weighted by Crippen LogP contribution is 2.38. The minimum absolute atomic E-state index is 0.586. The van der Waals surface area contributed by atoms with Crippen LogP contribution in [-0.2, 0) is 0 Å². The number of likely N-dealkylation sites (N-methyl/N-ethyl adjacent to an activating group) is 1. The van der Waals surface area contributed by atoms with Crippen molar-refractivity contribution in [1.82, 2.24) is 5.32 Å². The number of hydrogen-bond acceptors (Lipinski definition) is 1. The summed E-state index contributed by atoms with van der Waals surface area (Å²) in [5.74, 6) is 1.79. The quantitative estimate of drug-likeness (QED) is 0.635. The Morgan fingerprint density at radius 1 is 1.42 bits per heavy atom. The van der Waals surface area contributed by atoms with E-state index < -0.39 is 0 Å². The molecule has 0 aromatic rings. The molecule has 1 heteroatoms. The molecule has 1 rings (SSSR count). The molecular weight excluding hydrogens is 146 g/mol. The lowest BCUT2D eigenvalue weighted by Gasteiger charge is -2.20. The Hall–Kier alpha value is -0.300. The highest BCUT2D eigenvalue weighted by atomic mass is 14.9. The van der Waals surface area contributed by atoms with Crippen LogP contribution in [0.15, 0.2) is 11.6 Å². The molecule has 0 aliphatic heterocycles. The van der Waals surface area contributed by atoms with E-state index in [1.807, 2.05) is 0 Å². The molecule has 2 unspecified atom stereocenters. The van der Waals surface area contributed by atoms with Gasteiger partial charge < -0.3 is 5.32 Å². The van der Waals surface area contributed by atoms with Gasteiger partial charge in [0.1, 0.15) is 0 Å². The zero-order valence-corrected chi connectivity index (χ0v) is 8.72. The highest BCUT2D eigenvalue weighted by Gasteiger charge is 2.31. The topological polar surface area (TPSA) is 12.0 Å². The van der Waals surface area contributed by atoms with Crippen LogP contribution < -0.4 is 5.32 Å². The summed E-state index contributed by atoms with van der Waals surface area (Å²) in [6.07, 6.45) is 5.23. The van der Waals surface area contributed by atoms with Crippen molar-refractivity contribution < 1.29 is 0 Å². The van der Waals surface area contributed by atoms with Gasteiger partial charge in [0.2, 0.25) is 0 Å². The molecule has 1 saturated carbocycles. The molecule has 0 aromatic heterocycles. The fourth-order valence-electron chi connectivity index (χ4n) is 1.77. The average molecular weight is 167 g/mol. The summed E-state index contributed by atoms with van der Waals surface area (Å²) in [4.78, 5) is 0. The molecule has 0 heterocycles. The molecule has 0 radical (unpaired) electrons. The van der Waals surface area contributed by atoms with Gasteiger partial charge in [-0.1, -0.05) is 18.6 Å². The normalized spacial score (nSPS) is 21.7. The third-order valence-electron chi connectivity index (χ3n) is 2.78. The van der Waals surface area contributed by atoms with Crippen LogP contribution in [0.25, 0.3) is 0 Å². The monoisotopic (exact) mass is 167 g/mol. The van der Waals surface area contributed by atoms with E-state index in [-0.39, 0.29) is 0 Å². The molecule has 1 nitrogen and oxygen atoms in total. The van der Waals surface area contributed by atoms with Gasteiger partial charge >= 0.3 is 0 Å². The summed E-state index contributed by atoms with van der Waals surface area (Å²) in [7, 11) is 2.06. The number of nitrogens with one attached hydrogen (secondary N) is 1. The van der Waals surface area contributed by atoms with Gasteiger partial charge in [0.25, 0.3) is 0 Å². The molecule has 1 fully saturated rings. The molecule has 1 N–H and O–H groups in total. The number of allylic oxidation sites excluding steroid dienone is 1. The molecular formula is C11H21N. The van der Waals surface area contributed by atoms with E-state index in [0.717, 1.165) is 11.8 Å². The molecule has 0 aromatic carbocycles. The maximum atomic E-state index is 3.38. The van der Waals surface area contributed by atoms with E-state index in [4.69, 9.17) is 0 Å². The van der Waals surface area contributed by atoms with Gasteiger partial charge in [-0.05, 0) is 45.6 Å². The van der Waals surface area contributed by atoms with Crippen LogP contribution in [-0.4, -0.2) is 13.1 Å². The fourth-order valence-corrected chi connectivity index (χ4v) is 1.77. The lowest BCUT2D eigenvalue weighted by Crippen LogP contribution is -2.31. The predicted molar refractivity (Wildman–Crippen MR) is 54.2 cm³/mol. The Kier molecular flexibility index (Phi) is 3.33. The van der Waals surface area contributed by atoms with Crippen LogP contribution in [0.2, 0.25) is 0 Å². The molecule has 2 atom stereocenters. The van der Waals surface area contributed by atoms with Gasteiger partial charge in [-0.2, -0.15) is 0 Å². The van der Waals surface area contributed by atoms with E-state index >= 15 is 0 Å². The van der Waals surface area contributed by atoms with Gasteiger partial charge in [0, 0.05) is 6.04 Å². The van der Waals surface area contributed by atoms with E-state index in [0.29, 0.717) is 6.04 Å². The summed E-state index contributed by atoms with van der Waals surface area (Å²) in [5.41, 5.74) is 1.42. The summed E-state index contributed by atoms with van der Waals surface area (Å²) in [6, 6.07) is 0.586. The smallest absolute Gasteiger partial charge is 0.0277 e. The predicted octanol–water partition coefficient (Wildman–Crippen LogP) is 2.59. The van der Waals surface area contributed by atoms with Gasteiger partial charge in [0.15, 0.2) is 0 Å². The van der Waals surface area contributed by atoms with Crippen molar-refractivity contribution in [1.29, 1.82) is 0 Å². The van der Waals surface area contributed by atoms with Crippen LogP contribution in [0, 0.1) is 11.8 Å². The first-order valence-electron chi connectivity index (χ1n) is 4.97. The van der Waals surface area contributed by atoms with Crippen molar-refractivity contribution in [2.24, 2.45) is 11.8 Å². The molecule has 70 valence electrons. The maximum Gasteiger partial charge on any atom is 0.0277 e. The van der Waals surface area contributed by atoms with E-state index in [1.165, 1.54) is 18.4 Å². The van der Waals surface area contributed by atoms with Gasteiger partial charge in [-0.3, -0.25) is 0 Å². The van der Waals surface area contributed by atoms with Crippen molar-refractivity contribution in [3.63, 3.8) is 0 Å². The van der Waals surface area contributed by atoms with Crippen molar-refractivity contribution >= 4 is 0 Å². The van der Waals surface area contributed by atoms with Crippen LogP contribution in [0.4, 0.5) is 0 Å². The Morgan fingerprint density at radius 3 is 2.33 bits per heavy atom. The summed E-state index contributed by atoms with van der Waals surface area (Å²) in [5, 5.41) is 3.38. The van der Waals surface area contributed by atoms with Gasteiger partial charge in [-0.25, -0.2) is 0 Å². The molecule has 12 heavy (non-hydrogen) atoms. The van der Waals surface area contributed by atoms with Crippen LogP contribution in [0.5, 0.6) is 0 Å². The minimum Gasteiger partial charge on any atom is -0.313 e. The number of rotatable bonds is 4. The van der Waals surface area contributed by atoms with Gasteiger partial charge in [0.05, 0.1) is 0 Å². The third kappa shape index (κ3) is 2.63. The first-order valence-corrected chi connectivity index (χ1v) is 4.97. The molecule has 1 aliphatic rings. The lowest BCUT2D eigenvalue weighted by atomic mass is 9.95. The van der Waals surface area contributed by atoms with Gasteiger partial charge in [-0.15, -0.1) is 0 Å². The van der Waals surface area contributed by atoms with Crippen LogP contribution >= 0.6 is 0 Å². The highest BCUT2D eigenvalue weighted by molar-refractivity contribution is 5.04. The largest absolute Gasteiger partial charge is 0.313 e. The zero-order valence-electron chi connectivity index (χ0n) is 8.72. The molecule has 0 spiro atoms. The van der Waals surface area contributed by atoms with Crippen LogP contribution in [0.3, 0.4) is 0 Å². The maximum absolute atomic E-state index is 3.38. The minimum atomic E-state index is 0.586. The molecule has 0 saturated heterocycles.